The predicted octanol–water partition coefficient (Wildman–Crippen LogP) is 3.78. The fourth-order valence-corrected chi connectivity index (χ4v) is 3.18. The van der Waals surface area contributed by atoms with Crippen molar-refractivity contribution in [2.45, 2.75) is 13.5 Å². The second-order valence-electron chi connectivity index (χ2n) is 6.80. The fourth-order valence-electron chi connectivity index (χ4n) is 3.18. The Morgan fingerprint density at radius 3 is 2.32 bits per heavy atom. The van der Waals surface area contributed by atoms with Gasteiger partial charge in [-0.25, -0.2) is 4.68 Å². The van der Waals surface area contributed by atoms with E-state index in [4.69, 9.17) is 5.10 Å². The van der Waals surface area contributed by atoms with E-state index in [1.807, 2.05) is 92.6 Å². The zero-order valence-corrected chi connectivity index (χ0v) is 17.3. The normalized spacial score (nSPS) is 11.5. The van der Waals surface area contributed by atoms with Gasteiger partial charge in [0.25, 0.3) is 0 Å². The molecule has 0 aliphatic heterocycles. The van der Waals surface area contributed by atoms with Gasteiger partial charge in [-0.05, 0) is 19.2 Å². The summed E-state index contributed by atoms with van der Waals surface area (Å²) < 4.78 is 1.88. The minimum absolute atomic E-state index is 0. The summed E-state index contributed by atoms with van der Waals surface area (Å²) in [6.07, 6.45) is 2.02. The Balaban J connectivity index is 0.00000280. The molecule has 1 amide bonds. The summed E-state index contributed by atoms with van der Waals surface area (Å²) in [4.78, 5) is 14.4. The van der Waals surface area contributed by atoms with Crippen molar-refractivity contribution in [2.75, 3.05) is 20.6 Å². The van der Waals surface area contributed by atoms with Crippen LogP contribution in [0.2, 0.25) is 0 Å². The van der Waals surface area contributed by atoms with Crippen molar-refractivity contribution < 1.29 is 4.79 Å². The molecule has 0 aliphatic rings. The number of carbonyl (C=O) groups is 1. The molecule has 0 fully saturated rings. The molecular weight excluding hydrogens is 372 g/mol. The van der Waals surface area contributed by atoms with E-state index in [0.29, 0.717) is 13.1 Å². The largest absolute Gasteiger partial charge is 0.341 e. The number of para-hydroxylation sites is 1. The van der Waals surface area contributed by atoms with Gasteiger partial charge in [-0.3, -0.25) is 4.79 Å². The number of amides is 1. The second kappa shape index (κ2) is 10.1. The van der Waals surface area contributed by atoms with Crippen molar-refractivity contribution in [1.82, 2.24) is 20.0 Å². The maximum Gasteiger partial charge on any atom is 0.226 e. The molecule has 0 radical (unpaired) electrons. The highest BCUT2D eigenvalue weighted by atomic mass is 35.5. The van der Waals surface area contributed by atoms with Crippen LogP contribution in [0.1, 0.15) is 12.5 Å². The van der Waals surface area contributed by atoms with Gasteiger partial charge in [0, 0.05) is 43.4 Å². The number of rotatable bonds is 7. The van der Waals surface area contributed by atoms with E-state index < -0.39 is 0 Å². The molecule has 0 saturated carbocycles. The first-order chi connectivity index (χ1) is 13.1. The van der Waals surface area contributed by atoms with E-state index in [1.165, 1.54) is 0 Å². The molecule has 28 heavy (non-hydrogen) atoms. The van der Waals surface area contributed by atoms with Gasteiger partial charge in [0.2, 0.25) is 5.91 Å². The molecule has 1 N–H and O–H groups in total. The van der Waals surface area contributed by atoms with Gasteiger partial charge < -0.3 is 10.2 Å². The van der Waals surface area contributed by atoms with Crippen molar-refractivity contribution in [3.63, 3.8) is 0 Å². The van der Waals surface area contributed by atoms with Gasteiger partial charge in [-0.2, -0.15) is 5.10 Å². The first-order valence-electron chi connectivity index (χ1n) is 9.19. The van der Waals surface area contributed by atoms with Crippen molar-refractivity contribution in [2.24, 2.45) is 5.92 Å². The van der Waals surface area contributed by atoms with Crippen LogP contribution in [0.3, 0.4) is 0 Å². The topological polar surface area (TPSA) is 50.2 Å². The highest BCUT2D eigenvalue weighted by Gasteiger charge is 2.20. The van der Waals surface area contributed by atoms with Crippen LogP contribution in [0, 0.1) is 5.92 Å². The quantitative estimate of drug-likeness (QED) is 0.659. The third kappa shape index (κ3) is 5.00. The van der Waals surface area contributed by atoms with E-state index in [0.717, 1.165) is 22.5 Å². The van der Waals surface area contributed by atoms with E-state index >= 15 is 0 Å². The minimum atomic E-state index is -0.0654. The number of carbonyl (C=O) groups excluding carboxylic acids is 1. The molecule has 1 unspecified atom stereocenters. The third-order valence-corrected chi connectivity index (χ3v) is 4.57. The van der Waals surface area contributed by atoms with Crippen LogP contribution in [0.5, 0.6) is 0 Å². The van der Waals surface area contributed by atoms with Crippen LogP contribution in [0.15, 0.2) is 66.9 Å². The summed E-state index contributed by atoms with van der Waals surface area (Å²) in [5, 5.41) is 7.88. The summed E-state index contributed by atoms with van der Waals surface area (Å²) in [6.45, 7) is 3.13. The number of halogens is 1. The van der Waals surface area contributed by atoms with Crippen LogP contribution < -0.4 is 5.32 Å². The number of hydrogen-bond acceptors (Lipinski definition) is 3. The Bertz CT molecular complexity index is 880. The summed E-state index contributed by atoms with van der Waals surface area (Å²) in [7, 11) is 3.71. The first-order valence-corrected chi connectivity index (χ1v) is 9.19. The van der Waals surface area contributed by atoms with Crippen LogP contribution in [-0.4, -0.2) is 41.2 Å². The lowest BCUT2D eigenvalue weighted by Crippen LogP contribution is -2.35. The molecule has 5 nitrogen and oxygen atoms in total. The third-order valence-electron chi connectivity index (χ3n) is 4.57. The zero-order chi connectivity index (χ0) is 19.2. The molecule has 3 aromatic rings. The van der Waals surface area contributed by atoms with Crippen LogP contribution in [0.25, 0.3) is 16.9 Å². The second-order valence-corrected chi connectivity index (χ2v) is 6.80. The molecule has 1 atom stereocenters. The Labute approximate surface area is 172 Å². The smallest absolute Gasteiger partial charge is 0.226 e. The van der Waals surface area contributed by atoms with E-state index in [2.05, 4.69) is 5.32 Å². The van der Waals surface area contributed by atoms with Crippen LogP contribution >= 0.6 is 12.4 Å². The average molecular weight is 399 g/mol. The maximum atomic E-state index is 12.6. The predicted molar refractivity (Wildman–Crippen MR) is 116 cm³/mol. The fraction of sp³-hybridized carbons (Fsp3) is 0.273. The van der Waals surface area contributed by atoms with Crippen molar-refractivity contribution in [1.29, 1.82) is 0 Å². The average Bonchev–Trinajstić information content (AvgIpc) is 3.12. The van der Waals surface area contributed by atoms with Gasteiger partial charge >= 0.3 is 0 Å². The van der Waals surface area contributed by atoms with E-state index in [-0.39, 0.29) is 24.2 Å². The Morgan fingerprint density at radius 1 is 1.11 bits per heavy atom. The number of hydrogen-bond donors (Lipinski definition) is 1. The molecule has 1 aromatic heterocycles. The molecule has 148 valence electrons. The number of aromatic nitrogens is 2. The van der Waals surface area contributed by atoms with Crippen LogP contribution in [0.4, 0.5) is 0 Å². The van der Waals surface area contributed by atoms with E-state index in [9.17, 15) is 4.79 Å². The maximum absolute atomic E-state index is 12.6. The molecular formula is C22H27ClN4O. The summed E-state index contributed by atoms with van der Waals surface area (Å²) in [5.74, 6) is 0.0557. The van der Waals surface area contributed by atoms with Gasteiger partial charge in [-0.15, -0.1) is 12.4 Å². The Kier molecular flexibility index (Phi) is 7.79. The number of nitrogens with one attached hydrogen (secondary N) is 1. The summed E-state index contributed by atoms with van der Waals surface area (Å²) in [6, 6.07) is 20.1. The standard InChI is InChI=1S/C22H26N4O.ClH/c1-17(14-23-2)22(27)25(3)15-19-16-26(20-12-8-5-9-13-20)24-21(19)18-10-6-4-7-11-18;/h4-13,16-17,23H,14-15H2,1-3H3;1H. The number of benzene rings is 2. The van der Waals surface area contributed by atoms with E-state index in [1.54, 1.807) is 4.90 Å². The molecule has 0 aliphatic carbocycles. The monoisotopic (exact) mass is 398 g/mol. The molecule has 3 rings (SSSR count). The zero-order valence-electron chi connectivity index (χ0n) is 16.5. The summed E-state index contributed by atoms with van der Waals surface area (Å²) in [5.41, 5.74) is 3.97. The Hall–Kier alpha value is -2.63. The van der Waals surface area contributed by atoms with Gasteiger partial charge in [-0.1, -0.05) is 55.5 Å². The van der Waals surface area contributed by atoms with Crippen molar-refractivity contribution in [3.05, 3.63) is 72.4 Å². The Morgan fingerprint density at radius 2 is 1.71 bits per heavy atom. The summed E-state index contributed by atoms with van der Waals surface area (Å²) >= 11 is 0. The molecule has 1 heterocycles. The van der Waals surface area contributed by atoms with Crippen molar-refractivity contribution >= 4 is 18.3 Å². The number of nitrogens with zero attached hydrogens (tertiary/aromatic N) is 3. The highest BCUT2D eigenvalue weighted by molar-refractivity contribution is 5.85. The molecule has 6 heteroatoms. The van der Waals surface area contributed by atoms with Crippen molar-refractivity contribution in [3.8, 4) is 16.9 Å². The lowest BCUT2D eigenvalue weighted by molar-refractivity contribution is -0.134. The van der Waals surface area contributed by atoms with Gasteiger partial charge in [0.15, 0.2) is 0 Å². The molecule has 0 spiro atoms. The highest BCUT2D eigenvalue weighted by Crippen LogP contribution is 2.25. The lowest BCUT2D eigenvalue weighted by atomic mass is 10.1. The molecule has 2 aromatic carbocycles. The molecule has 0 saturated heterocycles. The minimum Gasteiger partial charge on any atom is -0.341 e. The molecule has 0 bridgehead atoms. The van der Waals surface area contributed by atoms with Gasteiger partial charge in [0.1, 0.15) is 0 Å². The SMILES string of the molecule is CNCC(C)C(=O)N(C)Cc1cn(-c2ccccc2)nc1-c1ccccc1.Cl. The van der Waals surface area contributed by atoms with Gasteiger partial charge in [0.05, 0.1) is 11.4 Å². The lowest BCUT2D eigenvalue weighted by Gasteiger charge is -2.21. The van der Waals surface area contributed by atoms with Crippen LogP contribution in [-0.2, 0) is 11.3 Å². The first kappa shape index (κ1) is 21.7.